The summed E-state index contributed by atoms with van der Waals surface area (Å²) < 4.78 is 5.00. The number of piperidine rings is 1. The quantitative estimate of drug-likeness (QED) is 0.488. The van der Waals surface area contributed by atoms with Crippen LogP contribution in [0.3, 0.4) is 0 Å². The standard InChI is InChI=1S/C7H14N2O3/c1-12-5-4-9-3-2-7(5,8)6(10)11/h5,9H,2-4,8H2,1H3,(H,10,11). The van der Waals surface area contributed by atoms with E-state index >= 15 is 0 Å². The summed E-state index contributed by atoms with van der Waals surface area (Å²) in [6.07, 6.45) is -0.0374. The van der Waals surface area contributed by atoms with Gasteiger partial charge in [-0.15, -0.1) is 0 Å². The molecule has 2 atom stereocenters. The maximum Gasteiger partial charge on any atom is 0.326 e. The second kappa shape index (κ2) is 3.38. The predicted octanol–water partition coefficient (Wildman–Crippen LogP) is -1.22. The van der Waals surface area contributed by atoms with E-state index in [0.717, 1.165) is 0 Å². The first-order chi connectivity index (χ1) is 5.61. The van der Waals surface area contributed by atoms with Gasteiger partial charge in [0.05, 0.1) is 6.10 Å². The number of nitrogens with one attached hydrogen (secondary N) is 1. The zero-order chi connectivity index (χ0) is 9.19. The molecule has 1 heterocycles. The number of nitrogens with two attached hydrogens (primary N) is 1. The SMILES string of the molecule is COC1CNCCC1(N)C(=O)O. The summed E-state index contributed by atoms with van der Waals surface area (Å²) in [7, 11) is 1.47. The van der Waals surface area contributed by atoms with E-state index in [-0.39, 0.29) is 0 Å². The molecule has 2 unspecified atom stereocenters. The molecule has 1 rings (SSSR count). The summed E-state index contributed by atoms with van der Waals surface area (Å²) in [4.78, 5) is 10.8. The van der Waals surface area contributed by atoms with Crippen LogP contribution >= 0.6 is 0 Å². The lowest BCUT2D eigenvalue weighted by Crippen LogP contribution is -2.65. The second-order valence-electron chi connectivity index (χ2n) is 3.02. The Bertz CT molecular complexity index is 185. The van der Waals surface area contributed by atoms with Crippen LogP contribution in [0, 0.1) is 0 Å². The Morgan fingerprint density at radius 1 is 1.83 bits per heavy atom. The summed E-state index contributed by atoms with van der Waals surface area (Å²) in [5, 5.41) is 11.9. The van der Waals surface area contributed by atoms with Crippen molar-refractivity contribution in [3.63, 3.8) is 0 Å². The van der Waals surface area contributed by atoms with E-state index in [1.54, 1.807) is 0 Å². The molecule has 0 aromatic heterocycles. The molecule has 0 spiro atoms. The molecule has 5 heteroatoms. The molecule has 1 fully saturated rings. The molecule has 0 aromatic carbocycles. The summed E-state index contributed by atoms with van der Waals surface area (Å²) in [5.74, 6) is -0.990. The minimum atomic E-state index is -1.22. The predicted molar refractivity (Wildman–Crippen MR) is 42.8 cm³/mol. The monoisotopic (exact) mass is 174 g/mol. The Labute approximate surface area is 70.9 Å². The van der Waals surface area contributed by atoms with E-state index in [0.29, 0.717) is 19.5 Å². The van der Waals surface area contributed by atoms with Gasteiger partial charge in [0.1, 0.15) is 5.54 Å². The highest BCUT2D eigenvalue weighted by Crippen LogP contribution is 2.18. The smallest absolute Gasteiger partial charge is 0.326 e. The maximum atomic E-state index is 10.8. The van der Waals surface area contributed by atoms with E-state index in [4.69, 9.17) is 15.6 Å². The van der Waals surface area contributed by atoms with Crippen LogP contribution in [0.2, 0.25) is 0 Å². The summed E-state index contributed by atoms with van der Waals surface area (Å²) in [6.45, 7) is 1.13. The fraction of sp³-hybridized carbons (Fsp3) is 0.857. The van der Waals surface area contributed by atoms with E-state index in [1.807, 2.05) is 0 Å². The third-order valence-corrected chi connectivity index (χ3v) is 2.30. The van der Waals surface area contributed by atoms with Gasteiger partial charge in [-0.25, -0.2) is 0 Å². The Morgan fingerprint density at radius 2 is 2.50 bits per heavy atom. The first kappa shape index (κ1) is 9.44. The summed E-state index contributed by atoms with van der Waals surface area (Å²) in [5.41, 5.74) is 4.47. The number of ether oxygens (including phenoxy) is 1. The van der Waals surface area contributed by atoms with Gasteiger partial charge in [-0.2, -0.15) is 0 Å². The summed E-state index contributed by atoms with van der Waals surface area (Å²) >= 11 is 0. The largest absolute Gasteiger partial charge is 0.480 e. The van der Waals surface area contributed by atoms with Gasteiger partial charge in [-0.05, 0) is 13.0 Å². The second-order valence-corrected chi connectivity index (χ2v) is 3.02. The Balaban J connectivity index is 2.75. The highest BCUT2D eigenvalue weighted by atomic mass is 16.5. The van der Waals surface area contributed by atoms with Crippen molar-refractivity contribution in [1.82, 2.24) is 5.32 Å². The minimum absolute atomic E-state index is 0.404. The Morgan fingerprint density at radius 3 is 2.92 bits per heavy atom. The van der Waals surface area contributed by atoms with Gasteiger partial charge in [-0.3, -0.25) is 4.79 Å². The first-order valence-electron chi connectivity index (χ1n) is 3.87. The van der Waals surface area contributed by atoms with E-state index in [9.17, 15) is 4.79 Å². The van der Waals surface area contributed by atoms with E-state index in [2.05, 4.69) is 5.32 Å². The lowest BCUT2D eigenvalue weighted by molar-refractivity contribution is -0.150. The maximum absolute atomic E-state index is 10.8. The first-order valence-corrected chi connectivity index (χ1v) is 3.87. The van der Waals surface area contributed by atoms with Crippen molar-refractivity contribution < 1.29 is 14.6 Å². The van der Waals surface area contributed by atoms with Crippen molar-refractivity contribution >= 4 is 5.97 Å². The average Bonchev–Trinajstić information content (AvgIpc) is 2.05. The molecule has 0 bridgehead atoms. The third-order valence-electron chi connectivity index (χ3n) is 2.30. The molecule has 5 nitrogen and oxygen atoms in total. The Hall–Kier alpha value is -0.650. The van der Waals surface area contributed by atoms with Gasteiger partial charge in [0.25, 0.3) is 0 Å². The molecule has 70 valence electrons. The number of rotatable bonds is 2. The van der Waals surface area contributed by atoms with Crippen LogP contribution in [0.1, 0.15) is 6.42 Å². The molecule has 0 aliphatic carbocycles. The van der Waals surface area contributed by atoms with Crippen molar-refractivity contribution in [2.24, 2.45) is 5.73 Å². The molecular weight excluding hydrogens is 160 g/mol. The van der Waals surface area contributed by atoms with Crippen molar-refractivity contribution in [2.75, 3.05) is 20.2 Å². The van der Waals surface area contributed by atoms with Crippen LogP contribution in [-0.2, 0) is 9.53 Å². The van der Waals surface area contributed by atoms with Gasteiger partial charge in [0, 0.05) is 13.7 Å². The van der Waals surface area contributed by atoms with Crippen LogP contribution in [-0.4, -0.2) is 42.9 Å². The molecule has 4 N–H and O–H groups in total. The van der Waals surface area contributed by atoms with Crippen molar-refractivity contribution in [3.8, 4) is 0 Å². The highest BCUT2D eigenvalue weighted by molar-refractivity contribution is 5.79. The van der Waals surface area contributed by atoms with Crippen LogP contribution in [0.15, 0.2) is 0 Å². The van der Waals surface area contributed by atoms with Gasteiger partial charge in [0.15, 0.2) is 0 Å². The van der Waals surface area contributed by atoms with Gasteiger partial charge >= 0.3 is 5.97 Å². The lowest BCUT2D eigenvalue weighted by atomic mass is 9.87. The average molecular weight is 174 g/mol. The number of carbonyl (C=O) groups is 1. The lowest BCUT2D eigenvalue weighted by Gasteiger charge is -2.36. The molecule has 12 heavy (non-hydrogen) atoms. The topological polar surface area (TPSA) is 84.6 Å². The normalized spacial score (nSPS) is 36.3. The number of hydrogen-bond donors (Lipinski definition) is 3. The molecule has 0 aromatic rings. The zero-order valence-corrected chi connectivity index (χ0v) is 7.04. The van der Waals surface area contributed by atoms with E-state index < -0.39 is 17.6 Å². The number of carboxylic acid groups (broad SMARTS) is 1. The van der Waals surface area contributed by atoms with Crippen molar-refractivity contribution in [3.05, 3.63) is 0 Å². The van der Waals surface area contributed by atoms with Crippen molar-refractivity contribution in [1.29, 1.82) is 0 Å². The van der Waals surface area contributed by atoms with Gasteiger partial charge < -0.3 is 20.9 Å². The number of carboxylic acids is 1. The highest BCUT2D eigenvalue weighted by Gasteiger charge is 2.44. The molecule has 0 saturated carbocycles. The number of methoxy groups -OCH3 is 1. The molecular formula is C7H14N2O3. The number of hydrogen-bond acceptors (Lipinski definition) is 4. The van der Waals surface area contributed by atoms with E-state index in [1.165, 1.54) is 7.11 Å². The van der Waals surface area contributed by atoms with Gasteiger partial charge in [-0.1, -0.05) is 0 Å². The summed E-state index contributed by atoms with van der Waals surface area (Å²) in [6, 6.07) is 0. The molecule has 0 amide bonds. The van der Waals surface area contributed by atoms with Gasteiger partial charge in [0.2, 0.25) is 0 Å². The fourth-order valence-corrected chi connectivity index (χ4v) is 1.41. The Kier molecular flexibility index (Phi) is 2.66. The molecule has 1 aliphatic rings. The zero-order valence-electron chi connectivity index (χ0n) is 7.04. The molecule has 0 radical (unpaired) electrons. The van der Waals surface area contributed by atoms with Crippen LogP contribution < -0.4 is 11.1 Å². The van der Waals surface area contributed by atoms with Crippen LogP contribution in [0.5, 0.6) is 0 Å². The third kappa shape index (κ3) is 1.43. The van der Waals surface area contributed by atoms with Crippen LogP contribution in [0.4, 0.5) is 0 Å². The van der Waals surface area contributed by atoms with Crippen molar-refractivity contribution in [2.45, 2.75) is 18.1 Å². The minimum Gasteiger partial charge on any atom is -0.480 e. The number of aliphatic carboxylic acids is 1. The molecule has 1 saturated heterocycles. The fourth-order valence-electron chi connectivity index (χ4n) is 1.41. The molecule has 1 aliphatic heterocycles. The van der Waals surface area contributed by atoms with Crippen LogP contribution in [0.25, 0.3) is 0 Å².